The molecule has 4 atom stereocenters. The number of primary amides is 1. The third kappa shape index (κ3) is 10.1. The molecule has 0 saturated carbocycles. The first-order valence-corrected chi connectivity index (χ1v) is 15.3. The number of hydrogen-bond donors (Lipinski definition) is 5. The smallest absolute Gasteiger partial charge is 0.408 e. The number of rotatable bonds is 10. The van der Waals surface area contributed by atoms with Gasteiger partial charge < -0.3 is 41.3 Å². The minimum absolute atomic E-state index is 0.0420. The zero-order valence-electron chi connectivity index (χ0n) is 26.6. The number of carbonyl (C=O) groups excluding carboxylic acids is 5. The molecule has 3 rings (SSSR count). The first-order chi connectivity index (χ1) is 21.1. The summed E-state index contributed by atoms with van der Waals surface area (Å²) in [6, 6.07) is 3.94. The van der Waals surface area contributed by atoms with E-state index in [1.807, 2.05) is 24.3 Å². The van der Waals surface area contributed by atoms with Gasteiger partial charge in [-0.1, -0.05) is 38.1 Å². The lowest BCUT2D eigenvalue weighted by atomic mass is 10.0. The standard InChI is InChI=1S/C31H46N6O8/c1-18(2)20-8-6-19(7-9-20)16-33-26(39)22(11-13-25(32)38)34-27(40)24-12-10-21-14-15-36(30(43)44)17-23(28(41)37(21)24)35-29(42)45-31(3,4)5/h6-9,18,21-24H,10-17H2,1-5H3,(H2,32,38)(H,33,39)(H,34,40)(H,35,42)(H,43,44)/t21-,22?,23+,24+/m1/s1. The number of nitrogens with two attached hydrogens (primary N) is 1. The Morgan fingerprint density at radius 1 is 1.07 bits per heavy atom. The number of nitrogens with zero attached hydrogens (tertiary/aromatic N) is 2. The Balaban J connectivity index is 1.76. The summed E-state index contributed by atoms with van der Waals surface area (Å²) in [5.74, 6) is -2.00. The first-order valence-electron chi connectivity index (χ1n) is 15.3. The lowest BCUT2D eigenvalue weighted by Crippen LogP contribution is -2.62. The number of alkyl carbamates (subject to hydrolysis) is 1. The zero-order chi connectivity index (χ0) is 33.5. The molecule has 14 nitrogen and oxygen atoms in total. The van der Waals surface area contributed by atoms with E-state index in [0.29, 0.717) is 18.8 Å². The van der Waals surface area contributed by atoms with Crippen LogP contribution in [-0.4, -0.2) is 93.6 Å². The molecule has 6 amide bonds. The second kappa shape index (κ2) is 15.1. The maximum atomic E-state index is 13.8. The molecule has 14 heteroatoms. The van der Waals surface area contributed by atoms with E-state index in [9.17, 15) is 33.9 Å². The topological polar surface area (TPSA) is 200 Å². The highest BCUT2D eigenvalue weighted by atomic mass is 16.6. The van der Waals surface area contributed by atoms with Gasteiger partial charge in [0.25, 0.3) is 0 Å². The van der Waals surface area contributed by atoms with E-state index in [1.165, 1.54) is 4.90 Å². The zero-order valence-corrected chi connectivity index (χ0v) is 26.6. The highest BCUT2D eigenvalue weighted by Crippen LogP contribution is 2.30. The fourth-order valence-electron chi connectivity index (χ4n) is 5.52. The van der Waals surface area contributed by atoms with Crippen molar-refractivity contribution < 1.29 is 38.6 Å². The van der Waals surface area contributed by atoms with Gasteiger partial charge in [0.2, 0.25) is 23.6 Å². The second-order valence-electron chi connectivity index (χ2n) is 12.9. The van der Waals surface area contributed by atoms with Crippen molar-refractivity contribution in [1.29, 1.82) is 0 Å². The molecule has 2 fully saturated rings. The highest BCUT2D eigenvalue weighted by molar-refractivity contribution is 5.95. The van der Waals surface area contributed by atoms with Crippen molar-refractivity contribution in [2.24, 2.45) is 5.73 Å². The maximum absolute atomic E-state index is 13.8. The van der Waals surface area contributed by atoms with Gasteiger partial charge in [-0.25, -0.2) is 9.59 Å². The molecule has 0 aromatic heterocycles. The number of nitrogens with one attached hydrogen (secondary N) is 3. The van der Waals surface area contributed by atoms with Gasteiger partial charge in [-0.3, -0.25) is 19.2 Å². The molecule has 0 radical (unpaired) electrons. The molecule has 2 aliphatic rings. The number of benzene rings is 1. The molecule has 0 spiro atoms. The largest absolute Gasteiger partial charge is 0.465 e. The predicted octanol–water partition coefficient (Wildman–Crippen LogP) is 1.81. The van der Waals surface area contributed by atoms with E-state index in [0.717, 1.165) is 16.0 Å². The van der Waals surface area contributed by atoms with Crippen molar-refractivity contribution >= 4 is 35.8 Å². The molecule has 2 heterocycles. The molecule has 1 unspecified atom stereocenters. The van der Waals surface area contributed by atoms with Gasteiger partial charge >= 0.3 is 12.2 Å². The molecule has 2 aliphatic heterocycles. The Morgan fingerprint density at radius 2 is 1.73 bits per heavy atom. The number of carbonyl (C=O) groups is 6. The number of ether oxygens (including phenoxy) is 1. The quantitative estimate of drug-likeness (QED) is 0.258. The summed E-state index contributed by atoms with van der Waals surface area (Å²) in [6.07, 6.45) is -1.35. The van der Waals surface area contributed by atoms with Crippen molar-refractivity contribution in [3.63, 3.8) is 0 Å². The van der Waals surface area contributed by atoms with Crippen molar-refractivity contribution in [1.82, 2.24) is 25.8 Å². The van der Waals surface area contributed by atoms with Crippen LogP contribution in [0.25, 0.3) is 0 Å². The van der Waals surface area contributed by atoms with E-state index < -0.39 is 65.6 Å². The molecule has 0 bridgehead atoms. The fourth-order valence-corrected chi connectivity index (χ4v) is 5.52. The SMILES string of the molecule is CC(C)c1ccc(CNC(=O)C(CCC(N)=O)NC(=O)[C@@H]2CC[C@@H]3CCN(C(=O)O)C[C@H](NC(=O)OC(C)(C)C)C(=O)N32)cc1. The summed E-state index contributed by atoms with van der Waals surface area (Å²) in [5, 5.41) is 17.7. The van der Waals surface area contributed by atoms with Gasteiger partial charge in [-0.15, -0.1) is 0 Å². The fraction of sp³-hybridized carbons (Fsp3) is 0.613. The Morgan fingerprint density at radius 3 is 2.31 bits per heavy atom. The van der Waals surface area contributed by atoms with Gasteiger partial charge in [-0.05, 0) is 63.5 Å². The number of amides is 6. The van der Waals surface area contributed by atoms with Crippen LogP contribution in [0.5, 0.6) is 0 Å². The minimum atomic E-state index is -1.30. The van der Waals surface area contributed by atoms with Crippen LogP contribution in [0.1, 0.15) is 83.8 Å². The molecule has 6 N–H and O–H groups in total. The molecular weight excluding hydrogens is 584 g/mol. The highest BCUT2D eigenvalue weighted by Gasteiger charge is 2.46. The van der Waals surface area contributed by atoms with Crippen LogP contribution in [0.3, 0.4) is 0 Å². The van der Waals surface area contributed by atoms with Gasteiger partial charge in [0, 0.05) is 25.6 Å². The van der Waals surface area contributed by atoms with E-state index in [4.69, 9.17) is 10.5 Å². The molecular formula is C31H46N6O8. The molecule has 2 saturated heterocycles. The van der Waals surface area contributed by atoms with Crippen molar-refractivity contribution in [3.8, 4) is 0 Å². The second-order valence-corrected chi connectivity index (χ2v) is 12.9. The normalized spacial score (nSPS) is 20.8. The summed E-state index contributed by atoms with van der Waals surface area (Å²) >= 11 is 0. The maximum Gasteiger partial charge on any atom is 0.408 e. The average Bonchev–Trinajstić information content (AvgIpc) is 3.36. The summed E-state index contributed by atoms with van der Waals surface area (Å²) in [6.45, 7) is 9.09. The lowest BCUT2D eigenvalue weighted by molar-refractivity contribution is -0.144. The van der Waals surface area contributed by atoms with Crippen LogP contribution in [0.2, 0.25) is 0 Å². The Labute approximate surface area is 263 Å². The van der Waals surface area contributed by atoms with Crippen LogP contribution in [0, 0.1) is 0 Å². The third-order valence-electron chi connectivity index (χ3n) is 7.88. The molecule has 1 aromatic rings. The van der Waals surface area contributed by atoms with Crippen molar-refractivity contribution in [3.05, 3.63) is 35.4 Å². The Hall–Kier alpha value is -4.36. The van der Waals surface area contributed by atoms with Crippen LogP contribution < -0.4 is 21.7 Å². The summed E-state index contributed by atoms with van der Waals surface area (Å²) in [5.41, 5.74) is 6.49. The van der Waals surface area contributed by atoms with E-state index in [2.05, 4.69) is 29.8 Å². The van der Waals surface area contributed by atoms with E-state index >= 15 is 0 Å². The van der Waals surface area contributed by atoms with Gasteiger partial charge in [0.05, 0.1) is 6.54 Å². The number of hydrogen-bond acceptors (Lipinski definition) is 7. The number of carboxylic acid groups (broad SMARTS) is 1. The van der Waals surface area contributed by atoms with E-state index in [1.54, 1.807) is 20.8 Å². The Kier molecular flexibility index (Phi) is 11.8. The Bertz CT molecular complexity index is 1260. The van der Waals surface area contributed by atoms with Crippen LogP contribution in [-0.2, 0) is 30.5 Å². The molecule has 0 aliphatic carbocycles. The number of fused-ring (bicyclic) bond motifs is 1. The third-order valence-corrected chi connectivity index (χ3v) is 7.88. The van der Waals surface area contributed by atoms with Crippen LogP contribution >= 0.6 is 0 Å². The van der Waals surface area contributed by atoms with Crippen LogP contribution in [0.4, 0.5) is 9.59 Å². The minimum Gasteiger partial charge on any atom is -0.465 e. The van der Waals surface area contributed by atoms with Crippen LogP contribution in [0.15, 0.2) is 24.3 Å². The monoisotopic (exact) mass is 630 g/mol. The first kappa shape index (κ1) is 35.1. The predicted molar refractivity (Wildman–Crippen MR) is 164 cm³/mol. The van der Waals surface area contributed by atoms with Crippen molar-refractivity contribution in [2.75, 3.05) is 13.1 Å². The van der Waals surface area contributed by atoms with Gasteiger partial charge in [0.15, 0.2) is 0 Å². The summed E-state index contributed by atoms with van der Waals surface area (Å²) in [7, 11) is 0. The lowest BCUT2D eigenvalue weighted by Gasteiger charge is -2.38. The van der Waals surface area contributed by atoms with Gasteiger partial charge in [0.1, 0.15) is 23.7 Å². The molecule has 248 valence electrons. The van der Waals surface area contributed by atoms with Gasteiger partial charge in [-0.2, -0.15) is 0 Å². The average molecular weight is 631 g/mol. The summed E-state index contributed by atoms with van der Waals surface area (Å²) in [4.78, 5) is 79.1. The molecule has 45 heavy (non-hydrogen) atoms. The molecule has 1 aromatic carbocycles. The summed E-state index contributed by atoms with van der Waals surface area (Å²) < 4.78 is 5.29. The van der Waals surface area contributed by atoms with Crippen molar-refractivity contribution in [2.45, 2.75) is 109 Å². The van der Waals surface area contributed by atoms with E-state index in [-0.39, 0.29) is 38.9 Å².